The van der Waals surface area contributed by atoms with Crippen LogP contribution in [0.4, 0.5) is 0 Å². The Bertz CT molecular complexity index is 507. The summed E-state index contributed by atoms with van der Waals surface area (Å²) >= 11 is 5.91. The SMILES string of the molecule is O=C(O)CCc1cc(Cl)cc2cn[nH]c12. The van der Waals surface area contributed by atoms with Crippen molar-refractivity contribution in [2.45, 2.75) is 12.8 Å². The molecule has 0 saturated carbocycles. The van der Waals surface area contributed by atoms with Gasteiger partial charge in [0.05, 0.1) is 11.7 Å². The first kappa shape index (κ1) is 9.98. The quantitative estimate of drug-likeness (QED) is 0.840. The summed E-state index contributed by atoms with van der Waals surface area (Å²) in [5.41, 5.74) is 1.75. The first-order valence-electron chi connectivity index (χ1n) is 4.50. The van der Waals surface area contributed by atoms with Crippen molar-refractivity contribution in [2.75, 3.05) is 0 Å². The average Bonchev–Trinajstić information content (AvgIpc) is 2.61. The third-order valence-corrected chi connectivity index (χ3v) is 2.42. The van der Waals surface area contributed by atoms with Gasteiger partial charge in [0.1, 0.15) is 0 Å². The van der Waals surface area contributed by atoms with Crippen LogP contribution in [0.15, 0.2) is 18.3 Å². The number of carboxylic acids is 1. The summed E-state index contributed by atoms with van der Waals surface area (Å²) in [5.74, 6) is -0.817. The zero-order valence-electron chi connectivity index (χ0n) is 7.83. The maximum absolute atomic E-state index is 10.5. The molecule has 0 aliphatic heterocycles. The summed E-state index contributed by atoms with van der Waals surface area (Å²) in [7, 11) is 0. The number of nitrogens with zero attached hydrogens (tertiary/aromatic N) is 1. The zero-order valence-corrected chi connectivity index (χ0v) is 8.58. The van der Waals surface area contributed by atoms with Crippen LogP contribution in [0.5, 0.6) is 0 Å². The van der Waals surface area contributed by atoms with E-state index in [-0.39, 0.29) is 6.42 Å². The minimum Gasteiger partial charge on any atom is -0.481 e. The molecule has 0 saturated heterocycles. The van der Waals surface area contributed by atoms with Crippen molar-refractivity contribution < 1.29 is 9.90 Å². The molecule has 1 heterocycles. The summed E-state index contributed by atoms with van der Waals surface area (Å²) in [5, 5.41) is 16.9. The molecule has 2 N–H and O–H groups in total. The first-order chi connectivity index (χ1) is 7.16. The van der Waals surface area contributed by atoms with Gasteiger partial charge in [-0.15, -0.1) is 0 Å². The molecule has 1 aromatic carbocycles. The van der Waals surface area contributed by atoms with Gasteiger partial charge in [-0.2, -0.15) is 5.10 Å². The van der Waals surface area contributed by atoms with Crippen molar-refractivity contribution in [2.24, 2.45) is 0 Å². The molecule has 0 amide bonds. The van der Waals surface area contributed by atoms with E-state index in [9.17, 15) is 4.79 Å². The third kappa shape index (κ3) is 2.10. The Balaban J connectivity index is 2.39. The Morgan fingerprint density at radius 1 is 1.53 bits per heavy atom. The molecule has 0 radical (unpaired) electrons. The first-order valence-corrected chi connectivity index (χ1v) is 4.88. The van der Waals surface area contributed by atoms with Crippen LogP contribution in [0.2, 0.25) is 5.02 Å². The number of rotatable bonds is 3. The van der Waals surface area contributed by atoms with Gasteiger partial charge in [0, 0.05) is 16.8 Å². The van der Waals surface area contributed by atoms with Gasteiger partial charge in [-0.05, 0) is 24.1 Å². The molecular formula is C10H9ClN2O2. The van der Waals surface area contributed by atoms with Crippen molar-refractivity contribution >= 4 is 28.5 Å². The van der Waals surface area contributed by atoms with Gasteiger partial charge in [0.15, 0.2) is 0 Å². The fourth-order valence-electron chi connectivity index (χ4n) is 1.53. The Labute approximate surface area is 90.9 Å². The molecule has 0 fully saturated rings. The fraction of sp³-hybridized carbons (Fsp3) is 0.200. The molecule has 0 atom stereocenters. The summed E-state index contributed by atoms with van der Waals surface area (Å²) in [6.45, 7) is 0. The van der Waals surface area contributed by atoms with E-state index >= 15 is 0 Å². The molecule has 0 bridgehead atoms. The number of benzene rings is 1. The number of fused-ring (bicyclic) bond motifs is 1. The highest BCUT2D eigenvalue weighted by molar-refractivity contribution is 6.31. The number of hydrogen-bond donors (Lipinski definition) is 2. The lowest BCUT2D eigenvalue weighted by Gasteiger charge is -2.01. The van der Waals surface area contributed by atoms with E-state index in [1.165, 1.54) is 0 Å². The number of aromatic nitrogens is 2. The van der Waals surface area contributed by atoms with Gasteiger partial charge >= 0.3 is 5.97 Å². The van der Waals surface area contributed by atoms with Crippen molar-refractivity contribution in [3.8, 4) is 0 Å². The monoisotopic (exact) mass is 224 g/mol. The zero-order chi connectivity index (χ0) is 10.8. The van der Waals surface area contributed by atoms with Gasteiger partial charge < -0.3 is 5.11 Å². The average molecular weight is 225 g/mol. The topological polar surface area (TPSA) is 66.0 Å². The van der Waals surface area contributed by atoms with Crippen molar-refractivity contribution in [1.29, 1.82) is 0 Å². The molecule has 0 unspecified atom stereocenters. The Morgan fingerprint density at radius 3 is 3.07 bits per heavy atom. The molecule has 78 valence electrons. The number of aromatic amines is 1. The van der Waals surface area contributed by atoms with Crippen molar-refractivity contribution in [1.82, 2.24) is 10.2 Å². The number of carbonyl (C=O) groups is 1. The minimum absolute atomic E-state index is 0.0917. The van der Waals surface area contributed by atoms with E-state index in [0.717, 1.165) is 16.5 Å². The lowest BCUT2D eigenvalue weighted by atomic mass is 10.1. The van der Waals surface area contributed by atoms with E-state index < -0.39 is 5.97 Å². The van der Waals surface area contributed by atoms with Crippen LogP contribution >= 0.6 is 11.6 Å². The fourth-order valence-corrected chi connectivity index (χ4v) is 1.78. The molecule has 0 aliphatic rings. The van der Waals surface area contributed by atoms with Gasteiger partial charge in [-0.3, -0.25) is 9.89 Å². The van der Waals surface area contributed by atoms with Crippen LogP contribution in [-0.2, 0) is 11.2 Å². The predicted molar refractivity (Wildman–Crippen MR) is 57.1 cm³/mol. The van der Waals surface area contributed by atoms with Gasteiger partial charge in [0.2, 0.25) is 0 Å². The van der Waals surface area contributed by atoms with E-state index in [1.807, 2.05) is 0 Å². The van der Waals surface area contributed by atoms with E-state index in [0.29, 0.717) is 11.4 Å². The number of H-pyrrole nitrogens is 1. The molecule has 0 spiro atoms. The van der Waals surface area contributed by atoms with E-state index in [4.69, 9.17) is 16.7 Å². The second-order valence-corrected chi connectivity index (χ2v) is 3.73. The number of halogens is 1. The summed E-state index contributed by atoms with van der Waals surface area (Å²) < 4.78 is 0. The standard InChI is InChI=1S/C10H9ClN2O2/c11-8-3-6(1-2-9(14)15)10-7(4-8)5-12-13-10/h3-5H,1-2H2,(H,12,13)(H,14,15). The minimum atomic E-state index is -0.817. The molecular weight excluding hydrogens is 216 g/mol. The highest BCUT2D eigenvalue weighted by Gasteiger charge is 2.07. The maximum atomic E-state index is 10.5. The number of aryl methyl sites for hydroxylation is 1. The second-order valence-electron chi connectivity index (χ2n) is 3.29. The molecule has 2 rings (SSSR count). The van der Waals surface area contributed by atoms with Crippen LogP contribution in [0, 0.1) is 0 Å². The Morgan fingerprint density at radius 2 is 2.33 bits per heavy atom. The van der Waals surface area contributed by atoms with Crippen LogP contribution in [0.3, 0.4) is 0 Å². The summed E-state index contributed by atoms with van der Waals surface area (Å²) in [4.78, 5) is 10.5. The molecule has 1 aromatic heterocycles. The predicted octanol–water partition coefficient (Wildman–Crippen LogP) is 2.23. The molecule has 15 heavy (non-hydrogen) atoms. The second kappa shape index (κ2) is 3.90. The number of aliphatic carboxylic acids is 1. The molecule has 2 aromatic rings. The molecule has 4 nitrogen and oxygen atoms in total. The van der Waals surface area contributed by atoms with Crippen LogP contribution in [-0.4, -0.2) is 21.3 Å². The van der Waals surface area contributed by atoms with Gasteiger partial charge in [0.25, 0.3) is 0 Å². The summed E-state index contributed by atoms with van der Waals surface area (Å²) in [6.07, 6.45) is 2.22. The van der Waals surface area contributed by atoms with E-state index in [1.54, 1.807) is 18.3 Å². The van der Waals surface area contributed by atoms with Crippen molar-refractivity contribution in [3.63, 3.8) is 0 Å². The number of nitrogens with one attached hydrogen (secondary N) is 1. The number of hydrogen-bond acceptors (Lipinski definition) is 2. The van der Waals surface area contributed by atoms with Crippen molar-refractivity contribution in [3.05, 3.63) is 28.9 Å². The molecule has 5 heteroatoms. The highest BCUT2D eigenvalue weighted by Crippen LogP contribution is 2.22. The lowest BCUT2D eigenvalue weighted by Crippen LogP contribution is -1.98. The largest absolute Gasteiger partial charge is 0.481 e. The van der Waals surface area contributed by atoms with E-state index in [2.05, 4.69) is 10.2 Å². The number of carboxylic acid groups (broad SMARTS) is 1. The smallest absolute Gasteiger partial charge is 0.303 e. The molecule has 0 aliphatic carbocycles. The summed E-state index contributed by atoms with van der Waals surface area (Å²) in [6, 6.07) is 3.57. The van der Waals surface area contributed by atoms with Crippen LogP contribution in [0.25, 0.3) is 10.9 Å². The normalized spacial score (nSPS) is 10.7. The lowest BCUT2D eigenvalue weighted by molar-refractivity contribution is -0.136. The van der Waals surface area contributed by atoms with Gasteiger partial charge in [-0.25, -0.2) is 0 Å². The Hall–Kier alpha value is -1.55. The maximum Gasteiger partial charge on any atom is 0.303 e. The van der Waals surface area contributed by atoms with Crippen LogP contribution < -0.4 is 0 Å². The highest BCUT2D eigenvalue weighted by atomic mass is 35.5. The Kier molecular flexibility index (Phi) is 2.60. The van der Waals surface area contributed by atoms with Gasteiger partial charge in [-0.1, -0.05) is 11.6 Å². The van der Waals surface area contributed by atoms with Crippen LogP contribution in [0.1, 0.15) is 12.0 Å². The third-order valence-electron chi connectivity index (χ3n) is 2.20.